The van der Waals surface area contributed by atoms with Crippen LogP contribution in [0.5, 0.6) is 0 Å². The molecule has 2 aromatic heterocycles. The molecule has 0 aromatic carbocycles. The minimum Gasteiger partial charge on any atom is -0.459 e. The normalized spacial score (nSPS) is 24.9. The number of carbonyl (C=O) groups is 2. The fourth-order valence-corrected chi connectivity index (χ4v) is 5.10. The molecule has 30 heavy (non-hydrogen) atoms. The van der Waals surface area contributed by atoms with E-state index >= 15 is 0 Å². The highest BCUT2D eigenvalue weighted by Gasteiger charge is 2.47. The number of aromatic nitrogens is 3. The summed E-state index contributed by atoms with van der Waals surface area (Å²) in [5.74, 6) is 1.33. The fraction of sp³-hybridized carbons (Fsp3) is 0.619. The van der Waals surface area contributed by atoms with Crippen LogP contribution in [0.3, 0.4) is 0 Å². The van der Waals surface area contributed by atoms with Gasteiger partial charge < -0.3 is 19.2 Å². The van der Waals surface area contributed by atoms with E-state index in [9.17, 15) is 9.59 Å². The highest BCUT2D eigenvalue weighted by molar-refractivity contribution is 5.92. The number of nitrogens with zero attached hydrogens (tertiary/aromatic N) is 5. The standard InChI is InChI=1S/C21H28N6O3/c1-25-12-17-23-24-18(19(28)22-15-6-3-2-4-7-15)27(17)14-21(25)9-10-26(13-21)20(29)16-8-5-11-30-16/h5,8,11,15H,2-4,6-7,9-10,12-14H2,1H3,(H,22,28)/t21-/m0/s1. The van der Waals surface area contributed by atoms with Gasteiger partial charge in [0.1, 0.15) is 5.82 Å². The number of hydrogen-bond acceptors (Lipinski definition) is 6. The Hall–Kier alpha value is -2.68. The van der Waals surface area contributed by atoms with E-state index < -0.39 is 0 Å². The van der Waals surface area contributed by atoms with Crippen molar-refractivity contribution in [2.24, 2.45) is 0 Å². The van der Waals surface area contributed by atoms with Gasteiger partial charge in [-0.05, 0) is 38.4 Å². The van der Waals surface area contributed by atoms with Crippen molar-refractivity contribution < 1.29 is 14.0 Å². The van der Waals surface area contributed by atoms with Crippen LogP contribution in [0.25, 0.3) is 0 Å². The van der Waals surface area contributed by atoms with Crippen molar-refractivity contribution in [3.8, 4) is 0 Å². The van der Waals surface area contributed by atoms with Gasteiger partial charge in [-0.2, -0.15) is 0 Å². The van der Waals surface area contributed by atoms with Crippen LogP contribution in [0.4, 0.5) is 0 Å². The summed E-state index contributed by atoms with van der Waals surface area (Å²) in [7, 11) is 2.06. The average Bonchev–Trinajstić information content (AvgIpc) is 3.49. The molecule has 0 bridgehead atoms. The molecule has 2 aliphatic heterocycles. The van der Waals surface area contributed by atoms with Crippen LogP contribution in [-0.2, 0) is 13.1 Å². The molecule has 160 valence electrons. The molecule has 0 unspecified atom stereocenters. The smallest absolute Gasteiger partial charge is 0.289 e. The number of fused-ring (bicyclic) bond motifs is 1. The number of furan rings is 1. The molecule has 5 rings (SSSR count). The van der Waals surface area contributed by atoms with Crippen LogP contribution in [-0.4, -0.2) is 68.1 Å². The van der Waals surface area contributed by atoms with E-state index in [1.807, 2.05) is 9.47 Å². The maximum atomic E-state index is 12.9. The minimum absolute atomic E-state index is 0.0879. The number of likely N-dealkylation sites (tertiary alicyclic amines) is 1. The van der Waals surface area contributed by atoms with E-state index in [1.54, 1.807) is 12.1 Å². The molecule has 9 heteroatoms. The summed E-state index contributed by atoms with van der Waals surface area (Å²) in [4.78, 5) is 29.8. The molecule has 2 aromatic rings. The maximum Gasteiger partial charge on any atom is 0.289 e. The summed E-state index contributed by atoms with van der Waals surface area (Å²) in [5.41, 5.74) is -0.239. The minimum atomic E-state index is -0.239. The van der Waals surface area contributed by atoms with Gasteiger partial charge in [-0.15, -0.1) is 10.2 Å². The molecule has 1 N–H and O–H groups in total. The second-order valence-corrected chi connectivity index (χ2v) is 8.87. The predicted octanol–water partition coefficient (Wildman–Crippen LogP) is 1.66. The molecule has 0 radical (unpaired) electrons. The average molecular weight is 412 g/mol. The first-order valence-corrected chi connectivity index (χ1v) is 10.8. The predicted molar refractivity (Wildman–Crippen MR) is 108 cm³/mol. The highest BCUT2D eigenvalue weighted by Crippen LogP contribution is 2.34. The van der Waals surface area contributed by atoms with Gasteiger partial charge in [-0.1, -0.05) is 19.3 Å². The molecular formula is C21H28N6O3. The van der Waals surface area contributed by atoms with Gasteiger partial charge in [-0.25, -0.2) is 0 Å². The molecule has 4 heterocycles. The van der Waals surface area contributed by atoms with Gasteiger partial charge in [0.05, 0.1) is 18.3 Å². The Kier molecular flexibility index (Phi) is 4.85. The third-order valence-electron chi connectivity index (χ3n) is 6.96. The number of nitrogens with one attached hydrogen (secondary N) is 1. The zero-order valence-corrected chi connectivity index (χ0v) is 17.3. The molecule has 1 aliphatic carbocycles. The monoisotopic (exact) mass is 412 g/mol. The van der Waals surface area contributed by atoms with E-state index in [2.05, 4.69) is 27.5 Å². The van der Waals surface area contributed by atoms with Crippen LogP contribution in [0.1, 0.15) is 65.5 Å². The van der Waals surface area contributed by atoms with Crippen molar-refractivity contribution in [1.82, 2.24) is 29.9 Å². The summed E-state index contributed by atoms with van der Waals surface area (Å²) in [6.07, 6.45) is 7.98. The zero-order chi connectivity index (χ0) is 20.7. The van der Waals surface area contributed by atoms with Crippen LogP contribution >= 0.6 is 0 Å². The molecule has 3 aliphatic rings. The van der Waals surface area contributed by atoms with E-state index in [0.29, 0.717) is 37.8 Å². The number of rotatable bonds is 3. The lowest BCUT2D eigenvalue weighted by molar-refractivity contribution is 0.0553. The SMILES string of the molecule is CN1Cc2nnc(C(=O)NC3CCCCC3)n2C[C@@]12CCN(C(=O)c1ccco1)C2. The molecule has 1 saturated heterocycles. The van der Waals surface area contributed by atoms with Gasteiger partial charge in [0.25, 0.3) is 11.8 Å². The summed E-state index contributed by atoms with van der Waals surface area (Å²) >= 11 is 0. The molecule has 1 atom stereocenters. The van der Waals surface area contributed by atoms with E-state index in [4.69, 9.17) is 4.42 Å². The Morgan fingerprint density at radius 1 is 1.20 bits per heavy atom. The lowest BCUT2D eigenvalue weighted by Gasteiger charge is -2.42. The summed E-state index contributed by atoms with van der Waals surface area (Å²) in [6, 6.07) is 3.66. The fourth-order valence-electron chi connectivity index (χ4n) is 5.10. The van der Waals surface area contributed by atoms with Crippen molar-refractivity contribution in [3.63, 3.8) is 0 Å². The van der Waals surface area contributed by atoms with Gasteiger partial charge in [-0.3, -0.25) is 14.5 Å². The molecule has 2 amide bonds. The van der Waals surface area contributed by atoms with Gasteiger partial charge >= 0.3 is 0 Å². The number of carbonyl (C=O) groups excluding carboxylic acids is 2. The van der Waals surface area contributed by atoms with E-state index in [1.165, 1.54) is 12.7 Å². The third kappa shape index (κ3) is 3.30. The molecular weight excluding hydrogens is 384 g/mol. The number of likely N-dealkylation sites (N-methyl/N-ethyl adjacent to an activating group) is 1. The van der Waals surface area contributed by atoms with Crippen LogP contribution < -0.4 is 5.32 Å². The first kappa shape index (κ1) is 19.3. The maximum absolute atomic E-state index is 12.9. The quantitative estimate of drug-likeness (QED) is 0.824. The third-order valence-corrected chi connectivity index (χ3v) is 6.96. The Balaban J connectivity index is 1.34. The Bertz CT molecular complexity index is 933. The topological polar surface area (TPSA) is 96.5 Å². The van der Waals surface area contributed by atoms with Crippen LogP contribution in [0.15, 0.2) is 22.8 Å². The van der Waals surface area contributed by atoms with E-state index in [0.717, 1.165) is 37.9 Å². The Morgan fingerprint density at radius 3 is 2.80 bits per heavy atom. The largest absolute Gasteiger partial charge is 0.459 e. The molecule has 2 fully saturated rings. The van der Waals surface area contributed by atoms with Gasteiger partial charge in [0, 0.05) is 25.7 Å². The van der Waals surface area contributed by atoms with Crippen molar-refractivity contribution in [1.29, 1.82) is 0 Å². The van der Waals surface area contributed by atoms with Crippen molar-refractivity contribution in [2.45, 2.75) is 63.2 Å². The van der Waals surface area contributed by atoms with E-state index in [-0.39, 0.29) is 23.4 Å². The lowest BCUT2D eigenvalue weighted by atomic mass is 9.94. The molecule has 9 nitrogen and oxygen atoms in total. The summed E-state index contributed by atoms with van der Waals surface area (Å²) in [6.45, 7) is 2.45. The summed E-state index contributed by atoms with van der Waals surface area (Å²) in [5, 5.41) is 11.7. The van der Waals surface area contributed by atoms with Crippen molar-refractivity contribution in [2.75, 3.05) is 20.1 Å². The van der Waals surface area contributed by atoms with Crippen molar-refractivity contribution >= 4 is 11.8 Å². The van der Waals surface area contributed by atoms with Crippen LogP contribution in [0.2, 0.25) is 0 Å². The summed E-state index contributed by atoms with van der Waals surface area (Å²) < 4.78 is 7.25. The first-order chi connectivity index (χ1) is 14.6. The second-order valence-electron chi connectivity index (χ2n) is 8.87. The second kappa shape index (κ2) is 7.54. The lowest BCUT2D eigenvalue weighted by Crippen LogP contribution is -2.55. The van der Waals surface area contributed by atoms with Crippen LogP contribution in [0, 0.1) is 0 Å². The Labute approximate surface area is 175 Å². The number of amides is 2. The first-order valence-electron chi connectivity index (χ1n) is 10.8. The van der Waals surface area contributed by atoms with Gasteiger partial charge in [0.2, 0.25) is 5.82 Å². The zero-order valence-electron chi connectivity index (χ0n) is 17.3. The number of hydrogen-bond donors (Lipinski definition) is 1. The van der Waals surface area contributed by atoms with Gasteiger partial charge in [0.15, 0.2) is 5.76 Å². The molecule has 1 saturated carbocycles. The Morgan fingerprint density at radius 2 is 2.03 bits per heavy atom. The molecule has 1 spiro atoms. The highest BCUT2D eigenvalue weighted by atomic mass is 16.3. The van der Waals surface area contributed by atoms with Crippen molar-refractivity contribution in [3.05, 3.63) is 35.8 Å².